The first-order chi connectivity index (χ1) is 12.5. The van der Waals surface area contributed by atoms with E-state index in [-0.39, 0.29) is 17.2 Å². The molecule has 1 heterocycles. The molecule has 1 aliphatic carbocycles. The van der Waals surface area contributed by atoms with Gasteiger partial charge in [-0.1, -0.05) is 13.0 Å². The van der Waals surface area contributed by atoms with Crippen molar-refractivity contribution in [3.05, 3.63) is 45.1 Å². The second-order valence-electron chi connectivity index (χ2n) is 6.36. The van der Waals surface area contributed by atoms with Crippen LogP contribution in [-0.4, -0.2) is 34.4 Å². The van der Waals surface area contributed by atoms with E-state index in [1.54, 1.807) is 12.1 Å². The minimum absolute atomic E-state index is 0.0748. The molecule has 3 rings (SSSR count). The van der Waals surface area contributed by atoms with Gasteiger partial charge in [0, 0.05) is 30.3 Å². The maximum absolute atomic E-state index is 12.7. The van der Waals surface area contributed by atoms with Crippen LogP contribution in [-0.2, 0) is 4.79 Å². The number of allylic oxidation sites excluding steroid dienone is 1. The van der Waals surface area contributed by atoms with Crippen molar-refractivity contribution in [3.63, 3.8) is 0 Å². The van der Waals surface area contributed by atoms with E-state index in [4.69, 9.17) is 17.0 Å². The predicted molar refractivity (Wildman–Crippen MR) is 101 cm³/mol. The first-order valence-electron chi connectivity index (χ1n) is 8.64. The summed E-state index contributed by atoms with van der Waals surface area (Å²) >= 11 is 5.52. The molecule has 0 fully saturated rings. The molecule has 0 bridgehead atoms. The Kier molecular flexibility index (Phi) is 5.22. The average Bonchev–Trinajstić information content (AvgIpc) is 2.63. The summed E-state index contributed by atoms with van der Waals surface area (Å²) < 4.78 is 5.07. The van der Waals surface area contributed by atoms with Crippen LogP contribution in [0.1, 0.15) is 44.2 Å². The standard InChI is InChI=1S/C18H21N3O4S/c1-3-9-20-12-5-4-6-14(22)16(12)17(19-18(20)26)11-7-8-15(25-2)13(10-11)21(23)24/h7-8,10,17H,3-6,9H2,1-2H3,(H,19,26). The van der Waals surface area contributed by atoms with Gasteiger partial charge >= 0.3 is 5.69 Å². The molecule has 138 valence electrons. The lowest BCUT2D eigenvalue weighted by molar-refractivity contribution is -0.385. The molecule has 1 atom stereocenters. The number of benzene rings is 1. The van der Waals surface area contributed by atoms with Gasteiger partial charge in [0.25, 0.3) is 0 Å². The van der Waals surface area contributed by atoms with Crippen molar-refractivity contribution in [3.8, 4) is 5.75 Å². The first-order valence-corrected chi connectivity index (χ1v) is 9.05. The molecule has 1 aliphatic heterocycles. The zero-order valence-corrected chi connectivity index (χ0v) is 15.6. The number of hydrogen-bond donors (Lipinski definition) is 1. The fourth-order valence-electron chi connectivity index (χ4n) is 3.59. The lowest BCUT2D eigenvalue weighted by Gasteiger charge is -2.40. The first kappa shape index (κ1) is 18.3. The number of carbonyl (C=O) groups excluding carboxylic acids is 1. The third-order valence-electron chi connectivity index (χ3n) is 4.74. The van der Waals surface area contributed by atoms with E-state index in [9.17, 15) is 14.9 Å². The van der Waals surface area contributed by atoms with E-state index in [2.05, 4.69) is 12.2 Å². The molecule has 2 aliphatic rings. The lowest BCUT2D eigenvalue weighted by Crippen LogP contribution is -2.49. The van der Waals surface area contributed by atoms with Gasteiger partial charge in [0.05, 0.1) is 18.1 Å². The molecule has 0 saturated heterocycles. The third-order valence-corrected chi connectivity index (χ3v) is 5.07. The van der Waals surface area contributed by atoms with Gasteiger partial charge in [-0.25, -0.2) is 0 Å². The highest BCUT2D eigenvalue weighted by Crippen LogP contribution is 2.39. The molecule has 1 unspecified atom stereocenters. The fraction of sp³-hybridized carbons (Fsp3) is 0.444. The van der Waals surface area contributed by atoms with E-state index >= 15 is 0 Å². The number of hydrogen-bond acceptors (Lipinski definition) is 5. The molecular weight excluding hydrogens is 354 g/mol. The number of ether oxygens (including phenoxy) is 1. The van der Waals surface area contributed by atoms with E-state index in [1.807, 2.05) is 4.90 Å². The average molecular weight is 375 g/mol. The molecular formula is C18H21N3O4S. The molecule has 1 aromatic carbocycles. The number of Topliss-reactive ketones (excluding diaryl/α,β-unsaturated/α-hetero) is 1. The van der Waals surface area contributed by atoms with Crippen LogP contribution in [0.3, 0.4) is 0 Å². The molecule has 26 heavy (non-hydrogen) atoms. The smallest absolute Gasteiger partial charge is 0.311 e. The minimum Gasteiger partial charge on any atom is -0.490 e. The Morgan fingerprint density at radius 2 is 2.19 bits per heavy atom. The third kappa shape index (κ3) is 3.16. The normalized spacial score (nSPS) is 19.9. The summed E-state index contributed by atoms with van der Waals surface area (Å²) in [5, 5.41) is 15.1. The van der Waals surface area contributed by atoms with Gasteiger partial charge in [-0.05, 0) is 43.1 Å². The van der Waals surface area contributed by atoms with Crippen LogP contribution in [0.5, 0.6) is 5.75 Å². The number of ketones is 1. The van der Waals surface area contributed by atoms with E-state index < -0.39 is 11.0 Å². The van der Waals surface area contributed by atoms with Crippen molar-refractivity contribution in [2.24, 2.45) is 0 Å². The number of nitro benzene ring substituents is 1. The molecule has 0 aromatic heterocycles. The number of carbonyl (C=O) groups is 1. The van der Waals surface area contributed by atoms with Crippen molar-refractivity contribution < 1.29 is 14.5 Å². The monoisotopic (exact) mass is 375 g/mol. The Morgan fingerprint density at radius 3 is 2.85 bits per heavy atom. The summed E-state index contributed by atoms with van der Waals surface area (Å²) in [6.45, 7) is 2.81. The summed E-state index contributed by atoms with van der Waals surface area (Å²) in [7, 11) is 1.39. The number of thiocarbonyl (C=S) groups is 1. The Balaban J connectivity index is 2.11. The highest BCUT2D eigenvalue weighted by molar-refractivity contribution is 7.80. The Morgan fingerprint density at radius 1 is 1.42 bits per heavy atom. The van der Waals surface area contributed by atoms with Crippen LogP contribution in [0.4, 0.5) is 5.69 Å². The Bertz CT molecular complexity index is 806. The summed E-state index contributed by atoms with van der Waals surface area (Å²) in [4.78, 5) is 25.6. The van der Waals surface area contributed by atoms with Crippen LogP contribution in [0.15, 0.2) is 29.5 Å². The van der Waals surface area contributed by atoms with Crippen molar-refractivity contribution in [2.45, 2.75) is 38.6 Å². The van der Waals surface area contributed by atoms with Gasteiger partial charge < -0.3 is 15.0 Å². The summed E-state index contributed by atoms with van der Waals surface area (Å²) in [5.74, 6) is 0.264. The molecule has 0 saturated carbocycles. The van der Waals surface area contributed by atoms with Crippen LogP contribution >= 0.6 is 12.2 Å². The van der Waals surface area contributed by atoms with Gasteiger partial charge in [-0.15, -0.1) is 0 Å². The Labute approximate surface area is 157 Å². The zero-order valence-electron chi connectivity index (χ0n) is 14.8. The minimum atomic E-state index is -0.481. The van der Waals surface area contributed by atoms with Crippen LogP contribution < -0.4 is 10.1 Å². The molecule has 7 nitrogen and oxygen atoms in total. The topological polar surface area (TPSA) is 84.7 Å². The second kappa shape index (κ2) is 7.41. The summed E-state index contributed by atoms with van der Waals surface area (Å²) in [5.41, 5.74) is 2.14. The Hall–Kier alpha value is -2.48. The highest BCUT2D eigenvalue weighted by atomic mass is 32.1. The SMILES string of the molecule is CCCN1C(=S)NC(c2ccc(OC)c([N+](=O)[O-])c2)C2=C1CCCC2=O. The number of nitro groups is 1. The number of nitrogens with one attached hydrogen (secondary N) is 1. The molecule has 0 amide bonds. The van der Waals surface area contributed by atoms with Crippen LogP contribution in [0, 0.1) is 10.1 Å². The zero-order chi connectivity index (χ0) is 18.8. The molecule has 1 aromatic rings. The summed E-state index contributed by atoms with van der Waals surface area (Å²) in [6.07, 6.45) is 2.99. The van der Waals surface area contributed by atoms with Crippen LogP contribution in [0.25, 0.3) is 0 Å². The van der Waals surface area contributed by atoms with E-state index in [0.29, 0.717) is 22.7 Å². The largest absolute Gasteiger partial charge is 0.490 e. The second-order valence-corrected chi connectivity index (χ2v) is 6.75. The van der Waals surface area contributed by atoms with Crippen molar-refractivity contribution >= 4 is 28.8 Å². The van der Waals surface area contributed by atoms with Gasteiger partial charge in [0.2, 0.25) is 0 Å². The fourth-order valence-corrected chi connectivity index (χ4v) is 3.91. The maximum atomic E-state index is 12.7. The molecule has 1 N–H and O–H groups in total. The van der Waals surface area contributed by atoms with Crippen molar-refractivity contribution in [2.75, 3.05) is 13.7 Å². The maximum Gasteiger partial charge on any atom is 0.311 e. The number of rotatable bonds is 5. The summed E-state index contributed by atoms with van der Waals surface area (Å²) in [6, 6.07) is 4.29. The van der Waals surface area contributed by atoms with Gasteiger partial charge in [0.15, 0.2) is 16.6 Å². The lowest BCUT2D eigenvalue weighted by atomic mass is 9.84. The number of nitrogens with zero attached hydrogens (tertiary/aromatic N) is 2. The van der Waals surface area contributed by atoms with Crippen LogP contribution in [0.2, 0.25) is 0 Å². The molecule has 8 heteroatoms. The van der Waals surface area contributed by atoms with Crippen molar-refractivity contribution in [1.29, 1.82) is 0 Å². The molecule has 0 radical (unpaired) electrons. The predicted octanol–water partition coefficient (Wildman–Crippen LogP) is 3.25. The highest BCUT2D eigenvalue weighted by Gasteiger charge is 2.37. The number of methoxy groups -OCH3 is 1. The van der Waals surface area contributed by atoms with E-state index in [0.717, 1.165) is 31.5 Å². The molecule has 0 spiro atoms. The van der Waals surface area contributed by atoms with Gasteiger partial charge in [0.1, 0.15) is 0 Å². The van der Waals surface area contributed by atoms with E-state index in [1.165, 1.54) is 13.2 Å². The van der Waals surface area contributed by atoms with Crippen molar-refractivity contribution in [1.82, 2.24) is 10.2 Å². The van der Waals surface area contributed by atoms with Gasteiger partial charge in [-0.3, -0.25) is 14.9 Å². The quantitative estimate of drug-likeness (QED) is 0.480. The van der Waals surface area contributed by atoms with Gasteiger partial charge in [-0.2, -0.15) is 0 Å².